The minimum absolute atomic E-state index is 0.000466. The van der Waals surface area contributed by atoms with Crippen LogP contribution in [-0.4, -0.2) is 78.3 Å². The first kappa shape index (κ1) is 21.5. The van der Waals surface area contributed by atoms with E-state index in [1.165, 1.54) is 17.3 Å². The Bertz CT molecular complexity index is 1130. The molecule has 0 unspecified atom stereocenters. The number of benzene rings is 2. The molecule has 32 heavy (non-hydrogen) atoms. The van der Waals surface area contributed by atoms with Gasteiger partial charge in [0, 0.05) is 49.2 Å². The van der Waals surface area contributed by atoms with Crippen LogP contribution < -0.4 is 5.32 Å². The molecule has 3 heterocycles. The summed E-state index contributed by atoms with van der Waals surface area (Å²) in [6.07, 6.45) is 0. The van der Waals surface area contributed by atoms with Crippen molar-refractivity contribution in [3.8, 4) is 0 Å². The molecule has 0 aromatic heterocycles. The molecule has 3 aliphatic rings. The molecule has 2 aromatic carbocycles. The van der Waals surface area contributed by atoms with Crippen LogP contribution in [0.3, 0.4) is 0 Å². The number of nitrogens with one attached hydrogen (secondary N) is 1. The van der Waals surface area contributed by atoms with E-state index < -0.39 is 9.84 Å². The van der Waals surface area contributed by atoms with Gasteiger partial charge in [0.1, 0.15) is 0 Å². The van der Waals surface area contributed by atoms with Gasteiger partial charge in [-0.15, -0.1) is 0 Å². The summed E-state index contributed by atoms with van der Waals surface area (Å²) in [7, 11) is -2.96. The molecule has 168 valence electrons. The number of hydrogen-bond acceptors (Lipinski definition) is 7. The molecular formula is C23H26N4O3S2. The molecule has 1 amide bonds. The van der Waals surface area contributed by atoms with E-state index in [-0.39, 0.29) is 28.7 Å². The number of aliphatic imine (C=N–C) groups is 1. The van der Waals surface area contributed by atoms with E-state index in [2.05, 4.69) is 39.5 Å². The summed E-state index contributed by atoms with van der Waals surface area (Å²) in [6.45, 7) is 4.05. The van der Waals surface area contributed by atoms with Crippen LogP contribution in [0.2, 0.25) is 0 Å². The summed E-state index contributed by atoms with van der Waals surface area (Å²) in [6, 6.07) is 17.7. The lowest BCUT2D eigenvalue weighted by atomic mass is 10.1. The van der Waals surface area contributed by atoms with Gasteiger partial charge in [-0.1, -0.05) is 48.2 Å². The predicted molar refractivity (Wildman–Crippen MR) is 129 cm³/mol. The Morgan fingerprint density at radius 1 is 1.03 bits per heavy atom. The van der Waals surface area contributed by atoms with Gasteiger partial charge in [0.05, 0.1) is 17.5 Å². The van der Waals surface area contributed by atoms with Gasteiger partial charge in [-0.2, -0.15) is 0 Å². The quantitative estimate of drug-likeness (QED) is 0.739. The third-order valence-corrected chi connectivity index (χ3v) is 9.23. The highest BCUT2D eigenvalue weighted by atomic mass is 32.2. The first-order valence-corrected chi connectivity index (χ1v) is 13.5. The van der Waals surface area contributed by atoms with Crippen LogP contribution in [0.5, 0.6) is 0 Å². The van der Waals surface area contributed by atoms with E-state index in [1.54, 1.807) is 0 Å². The average molecular weight is 471 g/mol. The molecule has 0 aliphatic carbocycles. The number of amides is 1. The molecule has 2 fully saturated rings. The van der Waals surface area contributed by atoms with Gasteiger partial charge in [-0.3, -0.25) is 14.7 Å². The summed E-state index contributed by atoms with van der Waals surface area (Å²) in [5.74, 6) is 0.355. The molecule has 2 saturated heterocycles. The molecule has 0 bridgehead atoms. The Kier molecular flexibility index (Phi) is 5.96. The first-order chi connectivity index (χ1) is 15.4. The molecule has 2 atom stereocenters. The van der Waals surface area contributed by atoms with Crippen LogP contribution in [0.4, 0.5) is 5.69 Å². The van der Waals surface area contributed by atoms with Crippen molar-refractivity contribution >= 4 is 38.4 Å². The Morgan fingerprint density at radius 2 is 1.81 bits per heavy atom. The second-order valence-electron chi connectivity index (χ2n) is 8.49. The van der Waals surface area contributed by atoms with E-state index in [0.29, 0.717) is 18.7 Å². The largest absolute Gasteiger partial charge is 0.336 e. The minimum atomic E-state index is -2.96. The molecule has 0 saturated carbocycles. The first-order valence-electron chi connectivity index (χ1n) is 10.8. The van der Waals surface area contributed by atoms with Crippen LogP contribution in [0.1, 0.15) is 15.9 Å². The average Bonchev–Trinajstić information content (AvgIpc) is 3.27. The fraction of sp³-hybridized carbons (Fsp3) is 0.391. The van der Waals surface area contributed by atoms with Crippen LogP contribution in [0.25, 0.3) is 0 Å². The van der Waals surface area contributed by atoms with E-state index >= 15 is 0 Å². The number of carbonyl (C=O) groups is 1. The van der Waals surface area contributed by atoms with Gasteiger partial charge < -0.3 is 10.2 Å². The van der Waals surface area contributed by atoms with Gasteiger partial charge in [0.15, 0.2) is 15.0 Å². The van der Waals surface area contributed by atoms with E-state index in [1.807, 2.05) is 35.2 Å². The molecule has 7 nitrogen and oxygen atoms in total. The monoisotopic (exact) mass is 470 g/mol. The Balaban J connectivity index is 1.17. The zero-order valence-electron chi connectivity index (χ0n) is 17.7. The molecule has 0 spiro atoms. The van der Waals surface area contributed by atoms with Crippen LogP contribution in [-0.2, 0) is 16.4 Å². The molecule has 1 N–H and O–H groups in total. The van der Waals surface area contributed by atoms with Gasteiger partial charge in [0.25, 0.3) is 5.91 Å². The lowest BCUT2D eigenvalue weighted by Gasteiger charge is -2.34. The molecule has 5 rings (SSSR count). The number of nitrogens with zero attached hydrogens (tertiary/aromatic N) is 3. The van der Waals surface area contributed by atoms with E-state index in [0.717, 1.165) is 30.5 Å². The summed E-state index contributed by atoms with van der Waals surface area (Å²) < 4.78 is 23.5. The van der Waals surface area contributed by atoms with Crippen molar-refractivity contribution < 1.29 is 13.2 Å². The van der Waals surface area contributed by atoms with Crippen molar-refractivity contribution in [2.75, 3.05) is 43.0 Å². The van der Waals surface area contributed by atoms with Crippen molar-refractivity contribution in [3.63, 3.8) is 0 Å². The molecule has 3 aliphatic heterocycles. The zero-order chi connectivity index (χ0) is 22.1. The van der Waals surface area contributed by atoms with Crippen LogP contribution in [0.15, 0.2) is 59.6 Å². The molecular weight excluding hydrogens is 444 g/mol. The SMILES string of the molecule is O=C(c1cccc(NC2=N[C@@H]3CS(=O)(=O)C[C@H]3S2)c1)N1CCN(Cc2ccccc2)CC1. The Hall–Kier alpha value is -2.36. The van der Waals surface area contributed by atoms with Gasteiger partial charge in [0.2, 0.25) is 0 Å². The van der Waals surface area contributed by atoms with Crippen molar-refractivity contribution in [1.82, 2.24) is 9.80 Å². The summed E-state index contributed by atoms with van der Waals surface area (Å²) in [5.41, 5.74) is 2.74. The fourth-order valence-corrected chi connectivity index (χ4v) is 8.08. The van der Waals surface area contributed by atoms with Crippen molar-refractivity contribution in [2.45, 2.75) is 17.8 Å². The summed E-state index contributed by atoms with van der Waals surface area (Å²) >= 11 is 1.48. The maximum Gasteiger partial charge on any atom is 0.254 e. The highest BCUT2D eigenvalue weighted by Gasteiger charge is 2.42. The molecule has 9 heteroatoms. The lowest BCUT2D eigenvalue weighted by molar-refractivity contribution is 0.0628. The Labute approximate surface area is 192 Å². The fourth-order valence-electron chi connectivity index (χ4n) is 4.40. The zero-order valence-corrected chi connectivity index (χ0v) is 19.3. The predicted octanol–water partition coefficient (Wildman–Crippen LogP) is 2.32. The van der Waals surface area contributed by atoms with Crippen LogP contribution in [0, 0.1) is 0 Å². The third kappa shape index (κ3) is 4.84. The number of amidine groups is 1. The maximum atomic E-state index is 13.1. The van der Waals surface area contributed by atoms with Crippen molar-refractivity contribution in [2.24, 2.45) is 4.99 Å². The standard InChI is InChI=1S/C23H26N4O3S2/c28-22(27-11-9-26(10-12-27)14-17-5-2-1-3-6-17)18-7-4-8-19(13-18)24-23-25-20-15-32(29,30)16-21(20)31-23/h1-8,13,20-21H,9-12,14-16H2,(H,24,25)/t20-,21-/m1/s1. The highest BCUT2D eigenvalue weighted by Crippen LogP contribution is 2.34. The van der Waals surface area contributed by atoms with E-state index in [4.69, 9.17) is 0 Å². The lowest BCUT2D eigenvalue weighted by Crippen LogP contribution is -2.48. The van der Waals surface area contributed by atoms with Crippen molar-refractivity contribution in [3.05, 3.63) is 65.7 Å². The third-order valence-electron chi connectivity index (χ3n) is 6.09. The van der Waals surface area contributed by atoms with Gasteiger partial charge >= 0.3 is 0 Å². The summed E-state index contributed by atoms with van der Waals surface area (Å²) in [5, 5.41) is 4.00. The highest BCUT2D eigenvalue weighted by molar-refractivity contribution is 8.15. The topological polar surface area (TPSA) is 82.1 Å². The van der Waals surface area contributed by atoms with Crippen molar-refractivity contribution in [1.29, 1.82) is 0 Å². The van der Waals surface area contributed by atoms with Crippen LogP contribution >= 0.6 is 11.8 Å². The number of anilines is 1. The number of hydrogen-bond donors (Lipinski definition) is 1. The normalized spacial score (nSPS) is 24.8. The summed E-state index contributed by atoms with van der Waals surface area (Å²) in [4.78, 5) is 21.9. The van der Waals surface area contributed by atoms with Gasteiger partial charge in [-0.05, 0) is 23.8 Å². The van der Waals surface area contributed by atoms with E-state index in [9.17, 15) is 13.2 Å². The number of piperazine rings is 1. The second-order valence-corrected chi connectivity index (χ2v) is 11.9. The smallest absolute Gasteiger partial charge is 0.254 e. The number of fused-ring (bicyclic) bond motifs is 1. The number of thioether (sulfide) groups is 1. The maximum absolute atomic E-state index is 13.1. The molecule has 2 aromatic rings. The second kappa shape index (κ2) is 8.88. The minimum Gasteiger partial charge on any atom is -0.336 e. The van der Waals surface area contributed by atoms with Gasteiger partial charge in [-0.25, -0.2) is 8.42 Å². The Morgan fingerprint density at radius 3 is 2.56 bits per heavy atom. The number of rotatable bonds is 4. The number of sulfone groups is 1. The molecule has 0 radical (unpaired) electrons. The number of carbonyl (C=O) groups excluding carboxylic acids is 1.